The van der Waals surface area contributed by atoms with Crippen LogP contribution in [0.1, 0.15) is 45.9 Å². The molecule has 0 radical (unpaired) electrons. The molecule has 1 nitrogen and oxygen atoms in total. The summed E-state index contributed by atoms with van der Waals surface area (Å²) < 4.78 is 0. The van der Waals surface area contributed by atoms with Crippen molar-refractivity contribution in [1.29, 1.82) is 0 Å². The molecule has 0 aromatic heterocycles. The Morgan fingerprint density at radius 3 is 1.38 bits per heavy atom. The summed E-state index contributed by atoms with van der Waals surface area (Å²) in [5.74, 6) is 0. The summed E-state index contributed by atoms with van der Waals surface area (Å²) in [6, 6.07) is 85.1. The fraction of sp³-hybridized carbons (Fsp3) is 0.0526. The number of rotatable bonds is 7. The summed E-state index contributed by atoms with van der Waals surface area (Å²) in [4.78, 5) is 2.46. The lowest BCUT2D eigenvalue weighted by Crippen LogP contribution is -2.28. The lowest BCUT2D eigenvalue weighted by Gasteiger charge is -2.35. The van der Waals surface area contributed by atoms with Gasteiger partial charge in [0.2, 0.25) is 0 Å². The average Bonchev–Trinajstić information content (AvgIpc) is 3.75. The van der Waals surface area contributed by atoms with Crippen LogP contribution in [0.25, 0.3) is 33.4 Å². The molecule has 1 atom stereocenters. The van der Waals surface area contributed by atoms with E-state index in [-0.39, 0.29) is 5.41 Å². The van der Waals surface area contributed by atoms with Gasteiger partial charge in [-0.1, -0.05) is 194 Å². The highest BCUT2D eigenvalue weighted by Gasteiger charge is 2.46. The minimum Gasteiger partial charge on any atom is -0.310 e. The number of benzene rings is 9. The van der Waals surface area contributed by atoms with Gasteiger partial charge in [-0.25, -0.2) is 0 Å². The molecule has 0 saturated heterocycles. The van der Waals surface area contributed by atoms with E-state index in [2.05, 4.69) is 242 Å². The largest absolute Gasteiger partial charge is 0.310 e. The zero-order valence-electron chi connectivity index (χ0n) is 32.4. The first-order chi connectivity index (χ1) is 28.7. The maximum Gasteiger partial charge on any atom is 0.0714 e. The quantitative estimate of drug-likeness (QED) is 0.157. The van der Waals surface area contributed by atoms with Gasteiger partial charge in [0, 0.05) is 22.5 Å². The van der Waals surface area contributed by atoms with Crippen molar-refractivity contribution in [2.45, 2.75) is 17.8 Å². The minimum absolute atomic E-state index is 0.317. The SMILES string of the molecule is CC1(c2ccccc2)c2ccccc2-c2ccc(N(c3ccc(-c4ccccc4)cc3)c3cccc(C4(c5ccccc5)c5ccccc5-c5ccccc54)c3)cc21. The second-order valence-corrected chi connectivity index (χ2v) is 15.8. The van der Waals surface area contributed by atoms with Gasteiger partial charge in [0.05, 0.1) is 5.41 Å². The monoisotopic (exact) mass is 739 g/mol. The smallest absolute Gasteiger partial charge is 0.0714 e. The van der Waals surface area contributed by atoms with Crippen molar-refractivity contribution in [1.82, 2.24) is 0 Å². The van der Waals surface area contributed by atoms with Crippen molar-refractivity contribution >= 4 is 17.1 Å². The van der Waals surface area contributed by atoms with Crippen LogP contribution >= 0.6 is 0 Å². The Kier molecular flexibility index (Phi) is 7.91. The number of fused-ring (bicyclic) bond motifs is 6. The van der Waals surface area contributed by atoms with Gasteiger partial charge in [-0.15, -0.1) is 0 Å². The highest BCUT2D eigenvalue weighted by atomic mass is 15.1. The first-order valence-corrected chi connectivity index (χ1v) is 20.3. The normalized spacial score (nSPS) is 15.5. The third kappa shape index (κ3) is 5.03. The molecule has 1 heteroatoms. The van der Waals surface area contributed by atoms with Gasteiger partial charge in [0.1, 0.15) is 0 Å². The lowest BCUT2D eigenvalue weighted by atomic mass is 9.67. The van der Waals surface area contributed by atoms with E-state index in [0.29, 0.717) is 0 Å². The number of hydrogen-bond acceptors (Lipinski definition) is 1. The summed E-state index contributed by atoms with van der Waals surface area (Å²) in [7, 11) is 0. The molecule has 1 unspecified atom stereocenters. The molecule has 0 aliphatic heterocycles. The fourth-order valence-corrected chi connectivity index (χ4v) is 10.2. The first kappa shape index (κ1) is 34.1. The van der Waals surface area contributed by atoms with Crippen molar-refractivity contribution in [2.24, 2.45) is 0 Å². The van der Waals surface area contributed by atoms with Crippen LogP contribution in [0.5, 0.6) is 0 Å². The molecule has 9 aromatic carbocycles. The van der Waals surface area contributed by atoms with Gasteiger partial charge in [0.25, 0.3) is 0 Å². The Labute approximate surface area is 341 Å². The van der Waals surface area contributed by atoms with E-state index in [0.717, 1.165) is 17.1 Å². The minimum atomic E-state index is -0.501. The number of nitrogens with zero attached hydrogens (tertiary/aromatic N) is 1. The van der Waals surface area contributed by atoms with E-state index < -0.39 is 5.41 Å². The molecule has 0 amide bonds. The van der Waals surface area contributed by atoms with E-state index >= 15 is 0 Å². The van der Waals surface area contributed by atoms with Crippen LogP contribution in [0.15, 0.2) is 231 Å². The zero-order valence-corrected chi connectivity index (χ0v) is 32.4. The molecular formula is C57H41N. The topological polar surface area (TPSA) is 3.24 Å². The van der Waals surface area contributed by atoms with E-state index in [4.69, 9.17) is 0 Å². The Balaban J connectivity index is 1.14. The molecule has 9 aromatic rings. The molecule has 274 valence electrons. The molecule has 0 bridgehead atoms. The van der Waals surface area contributed by atoms with Crippen molar-refractivity contribution in [2.75, 3.05) is 4.90 Å². The summed E-state index contributed by atoms with van der Waals surface area (Å²) in [5.41, 5.74) is 19.2. The van der Waals surface area contributed by atoms with Gasteiger partial charge in [0.15, 0.2) is 0 Å². The van der Waals surface area contributed by atoms with Crippen LogP contribution in [-0.2, 0) is 10.8 Å². The summed E-state index contributed by atoms with van der Waals surface area (Å²) in [6.07, 6.45) is 0. The Morgan fingerprint density at radius 2 is 0.741 bits per heavy atom. The number of hydrogen-bond donors (Lipinski definition) is 0. The maximum atomic E-state index is 2.46. The molecule has 0 N–H and O–H groups in total. The summed E-state index contributed by atoms with van der Waals surface area (Å²) in [5, 5.41) is 0. The standard InChI is InChI=1S/C57H41N/c1-56(42-20-7-3-8-21-42)52-29-14-11-26-48(52)51-37-36-47(39-55(51)56)58(45-34-32-41(33-35-45)40-18-5-2-6-19-40)46-25-17-24-44(38-46)57(43-22-9-4-10-23-43)53-30-15-12-27-49(53)50-28-13-16-31-54(50)57/h2-39H,1H3. The number of anilines is 3. The fourth-order valence-electron chi connectivity index (χ4n) is 10.2. The molecule has 0 spiro atoms. The maximum absolute atomic E-state index is 2.46. The van der Waals surface area contributed by atoms with E-state index in [1.807, 2.05) is 0 Å². The van der Waals surface area contributed by atoms with Gasteiger partial charge < -0.3 is 4.90 Å². The van der Waals surface area contributed by atoms with Crippen LogP contribution in [0.2, 0.25) is 0 Å². The van der Waals surface area contributed by atoms with Crippen LogP contribution in [0.4, 0.5) is 17.1 Å². The molecular weight excluding hydrogens is 699 g/mol. The average molecular weight is 740 g/mol. The predicted molar refractivity (Wildman–Crippen MR) is 241 cm³/mol. The van der Waals surface area contributed by atoms with Crippen LogP contribution in [-0.4, -0.2) is 0 Å². The van der Waals surface area contributed by atoms with E-state index in [1.165, 1.54) is 72.3 Å². The molecule has 11 rings (SSSR count). The van der Waals surface area contributed by atoms with E-state index in [9.17, 15) is 0 Å². The Bertz CT molecular complexity index is 2900. The lowest BCUT2D eigenvalue weighted by molar-refractivity contribution is 0.714. The first-order valence-electron chi connectivity index (χ1n) is 20.3. The van der Waals surface area contributed by atoms with Crippen LogP contribution in [0, 0.1) is 0 Å². The van der Waals surface area contributed by atoms with Crippen molar-refractivity contribution in [3.05, 3.63) is 269 Å². The van der Waals surface area contributed by atoms with Crippen molar-refractivity contribution in [3.63, 3.8) is 0 Å². The van der Waals surface area contributed by atoms with Crippen molar-refractivity contribution in [3.8, 4) is 33.4 Å². The molecule has 2 aliphatic rings. The van der Waals surface area contributed by atoms with Crippen molar-refractivity contribution < 1.29 is 0 Å². The molecule has 0 fully saturated rings. The Hall–Kier alpha value is -7.22. The third-order valence-electron chi connectivity index (χ3n) is 12.8. The molecule has 0 heterocycles. The highest BCUT2D eigenvalue weighted by molar-refractivity contribution is 5.89. The van der Waals surface area contributed by atoms with Crippen LogP contribution < -0.4 is 4.90 Å². The third-order valence-corrected chi connectivity index (χ3v) is 12.8. The van der Waals surface area contributed by atoms with E-state index in [1.54, 1.807) is 0 Å². The Morgan fingerprint density at radius 1 is 0.293 bits per heavy atom. The van der Waals surface area contributed by atoms with Gasteiger partial charge >= 0.3 is 0 Å². The van der Waals surface area contributed by atoms with Gasteiger partial charge in [-0.3, -0.25) is 0 Å². The predicted octanol–water partition coefficient (Wildman–Crippen LogP) is 14.5. The van der Waals surface area contributed by atoms with Crippen LogP contribution in [0.3, 0.4) is 0 Å². The molecule has 58 heavy (non-hydrogen) atoms. The summed E-state index contributed by atoms with van der Waals surface area (Å²) in [6.45, 7) is 2.40. The highest BCUT2D eigenvalue weighted by Crippen LogP contribution is 2.57. The molecule has 2 aliphatic carbocycles. The van der Waals surface area contributed by atoms with Gasteiger partial charge in [-0.2, -0.15) is 0 Å². The van der Waals surface area contributed by atoms with Gasteiger partial charge in [-0.05, 0) is 116 Å². The zero-order chi connectivity index (χ0) is 38.7. The second kappa shape index (κ2) is 13.5. The summed E-state index contributed by atoms with van der Waals surface area (Å²) >= 11 is 0. The second-order valence-electron chi connectivity index (χ2n) is 15.8. The molecule has 0 saturated carbocycles.